The highest BCUT2D eigenvalue weighted by Gasteiger charge is 2.22. The molecule has 5 aromatic heterocycles. The molecule has 0 bridgehead atoms. The highest BCUT2D eigenvalue weighted by atomic mass is 19.1. The molecule has 5 heterocycles. The maximum Gasteiger partial charge on any atom is 0.339 e. The normalized spacial score (nSPS) is 13.2. The minimum absolute atomic E-state index is 0. The zero-order valence-electron chi connectivity index (χ0n) is 34.9. The van der Waals surface area contributed by atoms with Crippen molar-refractivity contribution in [2.45, 2.75) is 38.9 Å². The number of rotatable bonds is 10. The fourth-order valence-corrected chi connectivity index (χ4v) is 4.57. The van der Waals surface area contributed by atoms with Crippen LogP contribution in [0, 0.1) is 23.2 Å². The van der Waals surface area contributed by atoms with E-state index in [2.05, 4.69) is 25.1 Å². The van der Waals surface area contributed by atoms with Gasteiger partial charge < -0.3 is 19.3 Å². The third-order valence-corrected chi connectivity index (χ3v) is 6.78. The van der Waals surface area contributed by atoms with Gasteiger partial charge in [0, 0.05) is 79.6 Å². The molecule has 0 aromatic carbocycles. The van der Waals surface area contributed by atoms with Crippen molar-refractivity contribution in [2.75, 3.05) is 21.3 Å². The fraction of sp³-hybridized carbons (Fsp3) is 0.310. The topological polar surface area (TPSA) is 179 Å². The Morgan fingerprint density at radius 1 is 0.933 bits per heavy atom. The first kappa shape index (κ1) is 26.0. The number of ether oxygens (including phenoxy) is 3. The van der Waals surface area contributed by atoms with Crippen LogP contribution in [0.25, 0.3) is 11.3 Å². The number of methoxy groups -OCH3 is 3. The van der Waals surface area contributed by atoms with Crippen LogP contribution in [0.4, 0.5) is 8.78 Å². The second-order valence-electron chi connectivity index (χ2n) is 9.67. The van der Waals surface area contributed by atoms with Gasteiger partial charge in [0.05, 0.1) is 30.7 Å². The molecule has 0 unspecified atom stereocenters. The van der Waals surface area contributed by atoms with Gasteiger partial charge in [-0.3, -0.25) is 4.79 Å². The quantitative estimate of drug-likeness (QED) is 0.216. The summed E-state index contributed by atoms with van der Waals surface area (Å²) in [6, 6.07) is 5.90. The Bertz CT molecular complexity index is 1960. The van der Waals surface area contributed by atoms with Crippen molar-refractivity contribution < 1.29 is 54.0 Å². The summed E-state index contributed by atoms with van der Waals surface area (Å²) >= 11 is 0. The predicted molar refractivity (Wildman–Crippen MR) is 164 cm³/mol. The largest absolute Gasteiger partial charge is 0.480 e. The molecule has 5 aromatic rings. The molecule has 0 saturated carbocycles. The van der Waals surface area contributed by atoms with E-state index < -0.39 is 30.1 Å². The molecule has 0 saturated heterocycles. The molecule has 16 heteroatoms. The summed E-state index contributed by atoms with van der Waals surface area (Å²) in [7, 11) is 4.38. The number of Topliss-reactive ketones (excluding diaryl/α,β-unsaturated/α-hetero) is 1. The Morgan fingerprint density at radius 2 is 1.51 bits per heavy atom. The number of nitrogens with zero attached hydrogens (tertiary/aromatic N) is 8. The molecule has 14 nitrogen and oxygen atoms in total. The summed E-state index contributed by atoms with van der Waals surface area (Å²) in [5.74, 6) is -2.44. The smallest absolute Gasteiger partial charge is 0.339 e. The lowest BCUT2D eigenvalue weighted by molar-refractivity contribution is -0.117. The molecule has 2 atom stereocenters. The number of halogens is 2. The van der Waals surface area contributed by atoms with Crippen LogP contribution in [0.2, 0.25) is 0 Å². The molecule has 0 aliphatic carbocycles. The van der Waals surface area contributed by atoms with Crippen LogP contribution in [-0.2, 0) is 27.1 Å². The fourth-order valence-electron chi connectivity index (χ4n) is 4.57. The molecule has 0 radical (unpaired) electrons. The van der Waals surface area contributed by atoms with Crippen LogP contribution < -0.4 is 4.74 Å². The van der Waals surface area contributed by atoms with Gasteiger partial charge in [0.1, 0.15) is 23.0 Å². The molecule has 0 fully saturated rings. The average molecular weight is 646 g/mol. The SMILES string of the molecule is CO[C@@H](C)c1c(C(=O)O)cnc2cc(F)nn12.COc1ncc(CC(=O)Cc2cnc3cc(F)nn3c2[C@H](C)OC)cc1C#N.[2HH].[2H][2H].[2H][2H].[2H][2H].[2H][2H].[2H][2H]. The standard InChI is InChI=1S/C19H18FN5O3.C10H10FN3O3.6H2/c1-11(27-2)18-14(10-22-17-7-16(20)24-25(17)18)6-15(26)5-12-4-13(8-21)19(28-3)23-9-12;1-5(17-2)9-6(10(15)16)4-12-8-3-7(11)13-14(8)9;;;;;;/h4,7,9-11H,5-6H2,1-3H3;3-5H,1-2H3,(H,15,16);6*1H/t11-;5-;;;;;;/m00....../s1/i;;5*1+1D;1+1. The molecule has 1 N–H and O–H groups in total. The van der Waals surface area contributed by atoms with E-state index in [0.29, 0.717) is 22.5 Å². The second kappa shape index (κ2) is 13.9. The van der Waals surface area contributed by atoms with Gasteiger partial charge in [0.15, 0.2) is 11.3 Å². The lowest BCUT2D eigenvalue weighted by Crippen LogP contribution is -2.15. The monoisotopic (exact) mass is 645 g/mol. The summed E-state index contributed by atoms with van der Waals surface area (Å²) in [6.45, 7) is 3.44. The Morgan fingerprint density at radius 3 is 2.07 bits per heavy atom. The number of carbonyl (C=O) groups is 2. The van der Waals surface area contributed by atoms with Crippen molar-refractivity contribution in [3.05, 3.63) is 82.3 Å². The minimum atomic E-state index is -1.16. The van der Waals surface area contributed by atoms with Crippen molar-refractivity contribution in [3.8, 4) is 11.9 Å². The van der Waals surface area contributed by atoms with Gasteiger partial charge >= 0.3 is 5.97 Å². The van der Waals surface area contributed by atoms with Crippen molar-refractivity contribution in [1.82, 2.24) is 34.2 Å². The van der Waals surface area contributed by atoms with Crippen molar-refractivity contribution in [3.63, 3.8) is 0 Å². The molecule has 0 amide bonds. The second-order valence-corrected chi connectivity index (χ2v) is 9.67. The lowest BCUT2D eigenvalue weighted by atomic mass is 10.0. The van der Waals surface area contributed by atoms with Crippen LogP contribution >= 0.6 is 0 Å². The first-order valence-corrected chi connectivity index (χ1v) is 13.3. The van der Waals surface area contributed by atoms with E-state index in [4.69, 9.17) is 39.4 Å². The molecular weight excluding hydrogens is 594 g/mol. The van der Waals surface area contributed by atoms with Crippen molar-refractivity contribution in [1.29, 1.82) is 5.26 Å². The maximum absolute atomic E-state index is 13.6. The number of carboxylic acid groups (broad SMARTS) is 1. The van der Waals surface area contributed by atoms with Gasteiger partial charge in [-0.05, 0) is 25.5 Å². The summed E-state index contributed by atoms with van der Waals surface area (Å²) in [4.78, 5) is 35.7. The van der Waals surface area contributed by atoms with E-state index in [9.17, 15) is 18.4 Å². The van der Waals surface area contributed by atoms with Crippen LogP contribution in [0.1, 0.15) is 80.8 Å². The minimum Gasteiger partial charge on any atom is -0.480 e. The zero-order chi connectivity index (χ0) is 42.8. The summed E-state index contributed by atoms with van der Waals surface area (Å²) in [5.41, 5.74) is 2.80. The van der Waals surface area contributed by atoms with Crippen molar-refractivity contribution >= 4 is 23.0 Å². The third kappa shape index (κ3) is 7.06. The van der Waals surface area contributed by atoms with Crippen LogP contribution in [0.3, 0.4) is 0 Å². The van der Waals surface area contributed by atoms with Gasteiger partial charge in [-0.2, -0.15) is 14.0 Å². The molecule has 45 heavy (non-hydrogen) atoms. The van der Waals surface area contributed by atoms with E-state index in [-0.39, 0.29) is 48.4 Å². The van der Waals surface area contributed by atoms with E-state index >= 15 is 0 Å². The van der Waals surface area contributed by atoms with Gasteiger partial charge in [-0.25, -0.2) is 28.8 Å². The number of aromatic carboxylic acids is 1. The Labute approximate surface area is 271 Å². The third-order valence-electron chi connectivity index (χ3n) is 6.78. The summed E-state index contributed by atoms with van der Waals surface area (Å²) < 4.78 is 94.5. The number of pyridine rings is 1. The van der Waals surface area contributed by atoms with E-state index in [1.54, 1.807) is 19.9 Å². The highest BCUT2D eigenvalue weighted by molar-refractivity contribution is 5.89. The Hall–Kier alpha value is -5.40. The molecule has 0 aliphatic rings. The molecule has 0 aliphatic heterocycles. The number of ketones is 1. The van der Waals surface area contributed by atoms with Gasteiger partial charge in [-0.1, -0.05) is 0 Å². The average Bonchev–Trinajstić information content (AvgIpc) is 3.81. The Kier molecular flexibility index (Phi) is 8.06. The summed E-state index contributed by atoms with van der Waals surface area (Å²) in [6.07, 6.45) is 3.39. The van der Waals surface area contributed by atoms with Gasteiger partial charge in [-0.15, -0.1) is 10.2 Å². The van der Waals surface area contributed by atoms with Gasteiger partial charge in [0.25, 0.3) is 0 Å². The van der Waals surface area contributed by atoms with E-state index in [1.165, 1.54) is 50.5 Å². The highest BCUT2D eigenvalue weighted by Crippen LogP contribution is 2.24. The number of hydrogen-bond donors (Lipinski definition) is 1. The molecule has 246 valence electrons. The van der Waals surface area contributed by atoms with Crippen LogP contribution in [0.15, 0.2) is 36.8 Å². The van der Waals surface area contributed by atoms with E-state index in [0.717, 1.165) is 10.6 Å². The van der Waals surface area contributed by atoms with Crippen LogP contribution in [-0.4, -0.2) is 72.4 Å². The first-order valence-electron chi connectivity index (χ1n) is 18.3. The van der Waals surface area contributed by atoms with Crippen LogP contribution in [0.5, 0.6) is 5.88 Å². The lowest BCUT2D eigenvalue weighted by Gasteiger charge is -2.16. The number of fused-ring (bicyclic) bond motifs is 2. The maximum atomic E-state index is 13.6. The van der Waals surface area contributed by atoms with E-state index in [1.807, 2.05) is 6.07 Å². The summed E-state index contributed by atoms with van der Waals surface area (Å²) in [5, 5.41) is 25.6. The Balaban J connectivity index is -0.000000862. The number of carbonyl (C=O) groups excluding carboxylic acids is 1. The number of hydrogen-bond acceptors (Lipinski definition) is 11. The molecule has 5 rings (SSSR count). The molecular formula is C29H40F2N8O6. The predicted octanol–water partition coefficient (Wildman–Crippen LogP) is 4.96. The number of aromatic nitrogens is 7. The number of carboxylic acids is 1. The van der Waals surface area contributed by atoms with Gasteiger partial charge in [0.2, 0.25) is 17.8 Å². The zero-order valence-corrected chi connectivity index (χ0v) is 24.9. The number of nitriles is 1. The first-order chi connectivity index (χ1) is 26.5. The molecule has 0 spiro atoms. The van der Waals surface area contributed by atoms with Crippen molar-refractivity contribution in [2.24, 2.45) is 0 Å².